The third-order valence-corrected chi connectivity index (χ3v) is 4.63. The van der Waals surface area contributed by atoms with Crippen LogP contribution in [0.25, 0.3) is 6.08 Å². The maximum atomic E-state index is 12.8. The van der Waals surface area contributed by atoms with Crippen molar-refractivity contribution in [2.24, 2.45) is 0 Å². The van der Waals surface area contributed by atoms with Gasteiger partial charge in [-0.05, 0) is 41.5 Å². The molecule has 30 heavy (non-hydrogen) atoms. The van der Waals surface area contributed by atoms with E-state index in [4.69, 9.17) is 9.47 Å². The number of benzene rings is 3. The van der Waals surface area contributed by atoms with Crippen LogP contribution in [0.4, 0.5) is 10.5 Å². The van der Waals surface area contributed by atoms with Crippen LogP contribution in [0, 0.1) is 0 Å². The average Bonchev–Trinajstić information content (AvgIpc) is 3.06. The summed E-state index contributed by atoms with van der Waals surface area (Å²) < 4.78 is 11.3. The molecule has 0 saturated carbocycles. The molecule has 150 valence electrons. The number of anilines is 1. The normalized spacial score (nSPS) is 14.7. The first-order valence-corrected chi connectivity index (χ1v) is 9.42. The Labute approximate surface area is 174 Å². The van der Waals surface area contributed by atoms with E-state index in [0.717, 1.165) is 10.5 Å². The quantitative estimate of drug-likeness (QED) is 0.493. The predicted molar refractivity (Wildman–Crippen MR) is 114 cm³/mol. The van der Waals surface area contributed by atoms with Crippen LogP contribution in [-0.2, 0) is 11.4 Å². The van der Waals surface area contributed by atoms with E-state index in [9.17, 15) is 9.59 Å². The molecule has 0 bridgehead atoms. The summed E-state index contributed by atoms with van der Waals surface area (Å²) in [7, 11) is 1.57. The Morgan fingerprint density at radius 3 is 2.30 bits per heavy atom. The van der Waals surface area contributed by atoms with Gasteiger partial charge in [0.2, 0.25) is 0 Å². The van der Waals surface area contributed by atoms with Crippen molar-refractivity contribution in [3.63, 3.8) is 0 Å². The highest BCUT2D eigenvalue weighted by Crippen LogP contribution is 2.30. The molecule has 4 rings (SSSR count). The summed E-state index contributed by atoms with van der Waals surface area (Å²) in [5.41, 5.74) is 2.45. The lowest BCUT2D eigenvalue weighted by Crippen LogP contribution is -2.30. The maximum absolute atomic E-state index is 12.8. The summed E-state index contributed by atoms with van der Waals surface area (Å²) in [5.74, 6) is 0.724. The van der Waals surface area contributed by atoms with E-state index in [2.05, 4.69) is 5.32 Å². The Morgan fingerprint density at radius 2 is 1.60 bits per heavy atom. The highest BCUT2D eigenvalue weighted by Gasteiger charge is 2.34. The van der Waals surface area contributed by atoms with Gasteiger partial charge in [0.1, 0.15) is 12.3 Å². The number of carbonyl (C=O) groups is 2. The molecule has 1 N–H and O–H groups in total. The minimum absolute atomic E-state index is 0.197. The molecular weight excluding hydrogens is 380 g/mol. The van der Waals surface area contributed by atoms with Crippen LogP contribution in [0.5, 0.6) is 11.5 Å². The van der Waals surface area contributed by atoms with E-state index < -0.39 is 11.9 Å². The van der Waals surface area contributed by atoms with Gasteiger partial charge >= 0.3 is 6.03 Å². The summed E-state index contributed by atoms with van der Waals surface area (Å²) in [6, 6.07) is 23.5. The molecular formula is C24H20N2O4. The molecule has 6 heteroatoms. The molecule has 0 atom stereocenters. The Morgan fingerprint density at radius 1 is 0.900 bits per heavy atom. The minimum atomic E-state index is -0.480. The molecule has 3 aromatic rings. The predicted octanol–water partition coefficient (Wildman–Crippen LogP) is 4.37. The number of para-hydroxylation sites is 1. The van der Waals surface area contributed by atoms with Crippen LogP contribution in [0.3, 0.4) is 0 Å². The first-order valence-electron chi connectivity index (χ1n) is 9.42. The highest BCUT2D eigenvalue weighted by molar-refractivity contribution is 6.28. The van der Waals surface area contributed by atoms with Crippen molar-refractivity contribution >= 4 is 23.7 Å². The van der Waals surface area contributed by atoms with Crippen molar-refractivity contribution in [1.82, 2.24) is 5.32 Å². The van der Waals surface area contributed by atoms with Gasteiger partial charge in [0.05, 0.1) is 12.8 Å². The third kappa shape index (κ3) is 4.03. The number of rotatable bonds is 6. The third-order valence-electron chi connectivity index (χ3n) is 4.63. The lowest BCUT2D eigenvalue weighted by atomic mass is 10.1. The van der Waals surface area contributed by atoms with Gasteiger partial charge in [-0.25, -0.2) is 9.69 Å². The SMILES string of the molecule is COc1ccc(/C=C2\NC(=O)N(c3ccccc3)C2=O)cc1OCc1ccccc1. The summed E-state index contributed by atoms with van der Waals surface area (Å²) in [4.78, 5) is 26.2. The van der Waals surface area contributed by atoms with Gasteiger partial charge in [-0.1, -0.05) is 54.6 Å². The first kappa shape index (κ1) is 19.3. The fourth-order valence-electron chi connectivity index (χ4n) is 3.14. The Bertz CT molecular complexity index is 1090. The number of nitrogens with one attached hydrogen (secondary N) is 1. The molecule has 0 aliphatic carbocycles. The molecule has 0 aromatic heterocycles. The van der Waals surface area contributed by atoms with E-state index in [1.807, 2.05) is 36.4 Å². The maximum Gasteiger partial charge on any atom is 0.333 e. The summed E-state index contributed by atoms with van der Waals surface area (Å²) in [6.45, 7) is 0.384. The molecule has 1 aliphatic rings. The van der Waals surface area contributed by atoms with Crippen LogP contribution < -0.4 is 19.7 Å². The molecule has 1 saturated heterocycles. The molecule has 0 radical (unpaired) electrons. The molecule has 1 fully saturated rings. The van der Waals surface area contributed by atoms with Crippen molar-refractivity contribution in [3.8, 4) is 11.5 Å². The molecule has 1 aliphatic heterocycles. The Hall–Kier alpha value is -4.06. The van der Waals surface area contributed by atoms with Crippen molar-refractivity contribution in [2.45, 2.75) is 6.61 Å². The highest BCUT2D eigenvalue weighted by atomic mass is 16.5. The number of carbonyl (C=O) groups excluding carboxylic acids is 2. The average molecular weight is 400 g/mol. The zero-order valence-corrected chi connectivity index (χ0v) is 16.4. The van der Waals surface area contributed by atoms with Crippen molar-refractivity contribution in [2.75, 3.05) is 12.0 Å². The van der Waals surface area contributed by atoms with Gasteiger partial charge in [0.25, 0.3) is 5.91 Å². The summed E-state index contributed by atoms with van der Waals surface area (Å²) in [6.07, 6.45) is 1.62. The number of amides is 3. The second kappa shape index (κ2) is 8.53. The smallest absolute Gasteiger partial charge is 0.333 e. The van der Waals surface area contributed by atoms with Gasteiger partial charge in [-0.3, -0.25) is 4.79 Å². The topological polar surface area (TPSA) is 67.9 Å². The van der Waals surface area contributed by atoms with Crippen LogP contribution in [0.1, 0.15) is 11.1 Å². The molecule has 0 unspecified atom stereocenters. The molecule has 3 aromatic carbocycles. The monoisotopic (exact) mass is 400 g/mol. The fourth-order valence-corrected chi connectivity index (χ4v) is 3.14. The first-order chi connectivity index (χ1) is 14.7. The van der Waals surface area contributed by atoms with E-state index >= 15 is 0 Å². The number of hydrogen-bond donors (Lipinski definition) is 1. The molecule has 6 nitrogen and oxygen atoms in total. The largest absolute Gasteiger partial charge is 0.493 e. The molecule has 3 amide bonds. The van der Waals surface area contributed by atoms with Gasteiger partial charge in [0.15, 0.2) is 11.5 Å². The number of ether oxygens (including phenoxy) is 2. The number of imide groups is 1. The van der Waals surface area contributed by atoms with Crippen molar-refractivity contribution in [1.29, 1.82) is 0 Å². The van der Waals surface area contributed by atoms with Gasteiger partial charge < -0.3 is 14.8 Å². The van der Waals surface area contributed by atoms with Crippen LogP contribution in [-0.4, -0.2) is 19.0 Å². The zero-order chi connectivity index (χ0) is 20.9. The van der Waals surface area contributed by atoms with Crippen molar-refractivity contribution < 1.29 is 19.1 Å². The van der Waals surface area contributed by atoms with E-state index in [0.29, 0.717) is 29.4 Å². The minimum Gasteiger partial charge on any atom is -0.493 e. The zero-order valence-electron chi connectivity index (χ0n) is 16.4. The molecule has 1 heterocycles. The van der Waals surface area contributed by atoms with E-state index in [1.165, 1.54) is 0 Å². The van der Waals surface area contributed by atoms with Crippen LogP contribution in [0.15, 0.2) is 84.6 Å². The Kier molecular flexibility index (Phi) is 5.48. The van der Waals surface area contributed by atoms with Crippen LogP contribution >= 0.6 is 0 Å². The van der Waals surface area contributed by atoms with Crippen LogP contribution in [0.2, 0.25) is 0 Å². The van der Waals surface area contributed by atoms with Gasteiger partial charge in [0, 0.05) is 0 Å². The van der Waals surface area contributed by atoms with E-state index in [1.54, 1.807) is 55.7 Å². The number of nitrogens with zero attached hydrogens (tertiary/aromatic N) is 1. The number of methoxy groups -OCH3 is 1. The summed E-state index contributed by atoms with van der Waals surface area (Å²) >= 11 is 0. The lowest BCUT2D eigenvalue weighted by molar-refractivity contribution is -0.113. The standard InChI is InChI=1S/C24H20N2O4/c1-29-21-13-12-18(15-22(21)30-16-17-8-4-2-5-9-17)14-20-23(27)26(24(28)25-20)19-10-6-3-7-11-19/h2-15H,16H2,1H3,(H,25,28)/b20-14-. The van der Waals surface area contributed by atoms with Crippen molar-refractivity contribution in [3.05, 3.63) is 95.7 Å². The fraction of sp³-hybridized carbons (Fsp3) is 0.0833. The lowest BCUT2D eigenvalue weighted by Gasteiger charge is -2.12. The van der Waals surface area contributed by atoms with E-state index in [-0.39, 0.29) is 5.70 Å². The van der Waals surface area contributed by atoms with Gasteiger partial charge in [-0.2, -0.15) is 0 Å². The number of hydrogen-bond acceptors (Lipinski definition) is 4. The Balaban J connectivity index is 1.57. The van der Waals surface area contributed by atoms with Gasteiger partial charge in [-0.15, -0.1) is 0 Å². The second-order valence-corrected chi connectivity index (χ2v) is 6.65. The molecule has 0 spiro atoms. The number of urea groups is 1. The summed E-state index contributed by atoms with van der Waals surface area (Å²) in [5, 5.41) is 2.63. The second-order valence-electron chi connectivity index (χ2n) is 6.65.